The smallest absolute Gasteiger partial charge is 0.142 e. The molecule has 0 aromatic heterocycles. The van der Waals surface area contributed by atoms with Gasteiger partial charge >= 0.3 is 0 Å². The Balaban J connectivity index is 2.45. The van der Waals surface area contributed by atoms with E-state index >= 15 is 0 Å². The van der Waals surface area contributed by atoms with Gasteiger partial charge in [0.05, 0.1) is 0 Å². The second kappa shape index (κ2) is 2.23. The normalized spacial score (nSPS) is 19.3. The van der Waals surface area contributed by atoms with E-state index < -0.39 is 0 Å². The Hall–Kier alpha value is -0.770. The van der Waals surface area contributed by atoms with Crippen LogP contribution in [-0.4, -0.2) is 18.0 Å². The van der Waals surface area contributed by atoms with Gasteiger partial charge in [0.25, 0.3) is 0 Å². The van der Waals surface area contributed by atoms with E-state index in [1.165, 1.54) is 0 Å². The molecule has 52 valence electrons. The zero-order chi connectivity index (χ0) is 6.85. The second-order valence-corrected chi connectivity index (χ2v) is 2.42. The second-order valence-electron chi connectivity index (χ2n) is 2.42. The first kappa shape index (κ1) is 6.35. The van der Waals surface area contributed by atoms with Crippen molar-refractivity contribution in [1.82, 2.24) is 16.1 Å². The molecule has 0 saturated carbocycles. The Morgan fingerprint density at radius 1 is 1.56 bits per heavy atom. The number of hydrazone groups is 1. The number of hydrogen-bond donors (Lipinski definition) is 2. The van der Waals surface area contributed by atoms with Crippen LogP contribution in [-0.2, 0) is 0 Å². The first-order chi connectivity index (χ1) is 4.20. The maximum atomic E-state index is 4.00. The molecule has 1 rings (SSSR count). The highest BCUT2D eigenvalue weighted by Crippen LogP contribution is 1.96. The van der Waals surface area contributed by atoms with Gasteiger partial charge in [-0.3, -0.25) is 5.43 Å². The van der Waals surface area contributed by atoms with E-state index in [4.69, 9.17) is 0 Å². The molecular formula is C5H12N4. The van der Waals surface area contributed by atoms with Gasteiger partial charge in [-0.15, -0.1) is 10.2 Å². The maximum Gasteiger partial charge on any atom is 0.142 e. The summed E-state index contributed by atoms with van der Waals surface area (Å²) < 4.78 is 0. The molecule has 1 aliphatic rings. The maximum absolute atomic E-state index is 4.00. The summed E-state index contributed by atoms with van der Waals surface area (Å²) in [5, 5.41) is 5.72. The van der Waals surface area contributed by atoms with Crippen LogP contribution in [0.2, 0.25) is 0 Å². The molecule has 9 heavy (non-hydrogen) atoms. The monoisotopic (exact) mass is 128 g/mol. The van der Waals surface area contributed by atoms with Crippen LogP contribution in [0.5, 0.6) is 0 Å². The van der Waals surface area contributed by atoms with Crippen molar-refractivity contribution in [3.63, 3.8) is 0 Å². The summed E-state index contributed by atoms with van der Waals surface area (Å²) in [7, 11) is 1.87. The predicted octanol–water partition coefficient (Wildman–Crippen LogP) is -0.0895. The van der Waals surface area contributed by atoms with Gasteiger partial charge in [0.15, 0.2) is 0 Å². The zero-order valence-electron chi connectivity index (χ0n) is 5.97. The average Bonchev–Trinajstić information content (AvgIpc) is 2.14. The van der Waals surface area contributed by atoms with E-state index in [1.54, 1.807) is 5.12 Å². The van der Waals surface area contributed by atoms with Gasteiger partial charge in [-0.1, -0.05) is 13.8 Å². The molecule has 2 N–H and O–H groups in total. The third-order valence-corrected chi connectivity index (χ3v) is 1.15. The lowest BCUT2D eigenvalue weighted by Crippen LogP contribution is -2.38. The first-order valence-electron chi connectivity index (χ1n) is 3.04. The van der Waals surface area contributed by atoms with Crippen LogP contribution >= 0.6 is 0 Å². The minimum atomic E-state index is 0.461. The van der Waals surface area contributed by atoms with Crippen LogP contribution in [0.4, 0.5) is 0 Å². The van der Waals surface area contributed by atoms with E-state index in [0.29, 0.717) is 5.92 Å². The van der Waals surface area contributed by atoms with Gasteiger partial charge in [-0.2, -0.15) is 0 Å². The summed E-state index contributed by atoms with van der Waals surface area (Å²) in [6.45, 7) is 4.18. The van der Waals surface area contributed by atoms with Gasteiger partial charge in [0.1, 0.15) is 5.84 Å². The van der Waals surface area contributed by atoms with Crippen LogP contribution in [0, 0.1) is 5.92 Å². The standard InChI is InChI=1S/C5H12N4/c1-4(2)5-6-8-9(3)7-5/h4,8H,1-3H3,(H,6,7). The Morgan fingerprint density at radius 3 is 2.44 bits per heavy atom. The molecule has 0 radical (unpaired) electrons. The largest absolute Gasteiger partial charge is 0.286 e. The SMILES string of the molecule is CC(C)C1=NNN(C)N1. The highest BCUT2D eigenvalue weighted by atomic mass is 15.9. The third kappa shape index (κ3) is 1.32. The van der Waals surface area contributed by atoms with E-state index in [0.717, 1.165) is 5.84 Å². The van der Waals surface area contributed by atoms with Crippen molar-refractivity contribution in [2.24, 2.45) is 11.0 Å². The van der Waals surface area contributed by atoms with Crippen molar-refractivity contribution >= 4 is 5.84 Å². The molecule has 1 heterocycles. The van der Waals surface area contributed by atoms with E-state index in [-0.39, 0.29) is 0 Å². The molecule has 0 atom stereocenters. The van der Waals surface area contributed by atoms with Crippen molar-refractivity contribution in [2.45, 2.75) is 13.8 Å². The minimum absolute atomic E-state index is 0.461. The predicted molar refractivity (Wildman–Crippen MR) is 36.3 cm³/mol. The van der Waals surface area contributed by atoms with Gasteiger partial charge in [-0.05, 0) is 0 Å². The molecule has 0 aromatic carbocycles. The molecule has 0 aromatic rings. The summed E-state index contributed by atoms with van der Waals surface area (Å²) in [5.41, 5.74) is 5.79. The van der Waals surface area contributed by atoms with Gasteiger partial charge in [0, 0.05) is 13.0 Å². The third-order valence-electron chi connectivity index (χ3n) is 1.15. The molecular weight excluding hydrogens is 116 g/mol. The number of hydrogen-bond acceptors (Lipinski definition) is 4. The molecule has 0 aliphatic carbocycles. The number of hydrazine groups is 2. The molecule has 0 fully saturated rings. The molecule has 4 heteroatoms. The number of nitrogens with zero attached hydrogens (tertiary/aromatic N) is 2. The summed E-state index contributed by atoms with van der Waals surface area (Å²) in [6.07, 6.45) is 0. The minimum Gasteiger partial charge on any atom is -0.286 e. The molecule has 1 aliphatic heterocycles. The fraction of sp³-hybridized carbons (Fsp3) is 0.800. The molecule has 0 unspecified atom stereocenters. The van der Waals surface area contributed by atoms with E-state index in [1.807, 2.05) is 7.05 Å². The van der Waals surface area contributed by atoms with Crippen LogP contribution in [0.1, 0.15) is 13.8 Å². The van der Waals surface area contributed by atoms with Crippen LogP contribution in [0.15, 0.2) is 5.10 Å². The molecule has 4 nitrogen and oxygen atoms in total. The molecule has 0 bridgehead atoms. The fourth-order valence-electron chi connectivity index (χ4n) is 0.609. The van der Waals surface area contributed by atoms with Crippen molar-refractivity contribution in [3.8, 4) is 0 Å². The summed E-state index contributed by atoms with van der Waals surface area (Å²) in [4.78, 5) is 0. The molecule has 0 saturated heterocycles. The zero-order valence-corrected chi connectivity index (χ0v) is 5.97. The van der Waals surface area contributed by atoms with Crippen LogP contribution in [0.25, 0.3) is 0 Å². The Morgan fingerprint density at radius 2 is 2.22 bits per heavy atom. The highest BCUT2D eigenvalue weighted by molar-refractivity contribution is 5.83. The lowest BCUT2D eigenvalue weighted by atomic mass is 10.2. The van der Waals surface area contributed by atoms with Crippen LogP contribution < -0.4 is 11.0 Å². The Kier molecular flexibility index (Phi) is 1.57. The summed E-state index contributed by atoms with van der Waals surface area (Å²) in [5.74, 6) is 1.44. The number of rotatable bonds is 1. The average molecular weight is 128 g/mol. The van der Waals surface area contributed by atoms with Crippen molar-refractivity contribution in [1.29, 1.82) is 0 Å². The molecule has 0 spiro atoms. The highest BCUT2D eigenvalue weighted by Gasteiger charge is 2.11. The lowest BCUT2D eigenvalue weighted by molar-refractivity contribution is 0.230. The van der Waals surface area contributed by atoms with Crippen molar-refractivity contribution in [3.05, 3.63) is 0 Å². The lowest BCUT2D eigenvalue weighted by Gasteiger charge is -2.09. The summed E-state index contributed by atoms with van der Waals surface area (Å²) >= 11 is 0. The van der Waals surface area contributed by atoms with Gasteiger partial charge in [-0.25, -0.2) is 5.53 Å². The Labute approximate surface area is 54.9 Å². The van der Waals surface area contributed by atoms with Gasteiger partial charge in [0.2, 0.25) is 0 Å². The summed E-state index contributed by atoms with van der Waals surface area (Å²) in [6, 6.07) is 0. The molecule has 0 amide bonds. The van der Waals surface area contributed by atoms with E-state index in [9.17, 15) is 0 Å². The first-order valence-corrected chi connectivity index (χ1v) is 3.04. The van der Waals surface area contributed by atoms with Crippen LogP contribution in [0.3, 0.4) is 0 Å². The van der Waals surface area contributed by atoms with E-state index in [2.05, 4.69) is 29.9 Å². The Bertz CT molecular complexity index is 129. The fourth-order valence-corrected chi connectivity index (χ4v) is 0.609. The van der Waals surface area contributed by atoms with Crippen molar-refractivity contribution in [2.75, 3.05) is 7.05 Å². The van der Waals surface area contributed by atoms with Gasteiger partial charge < -0.3 is 0 Å². The quantitative estimate of drug-likeness (QED) is 0.518. The number of nitrogens with one attached hydrogen (secondary N) is 2. The van der Waals surface area contributed by atoms with Crippen molar-refractivity contribution < 1.29 is 0 Å². The number of amidine groups is 1. The topological polar surface area (TPSA) is 39.7 Å².